The second kappa shape index (κ2) is 6.94. The van der Waals surface area contributed by atoms with E-state index in [2.05, 4.69) is 5.32 Å². The third-order valence-corrected chi connectivity index (χ3v) is 6.35. The van der Waals surface area contributed by atoms with Crippen LogP contribution in [-0.2, 0) is 4.79 Å². The van der Waals surface area contributed by atoms with Crippen molar-refractivity contribution in [1.82, 2.24) is 5.32 Å². The van der Waals surface area contributed by atoms with Gasteiger partial charge in [0.25, 0.3) is 0 Å². The Morgan fingerprint density at radius 3 is 2.68 bits per heavy atom. The monoisotopic (exact) mass is 346 g/mol. The van der Waals surface area contributed by atoms with Gasteiger partial charge in [-0.05, 0) is 56.4 Å². The quantitative estimate of drug-likeness (QED) is 0.863. The first-order valence-electron chi connectivity index (χ1n) is 9.60. The fourth-order valence-electron chi connectivity index (χ4n) is 4.99. The Morgan fingerprint density at radius 2 is 1.92 bits per heavy atom. The second-order valence-electron chi connectivity index (χ2n) is 7.93. The summed E-state index contributed by atoms with van der Waals surface area (Å²) in [5, 5.41) is 3.23. The van der Waals surface area contributed by atoms with E-state index in [0.29, 0.717) is 24.2 Å². The van der Waals surface area contributed by atoms with Gasteiger partial charge >= 0.3 is 0 Å². The molecule has 0 radical (unpaired) electrons. The topological polar surface area (TPSA) is 64.4 Å². The number of hydrogen-bond donors (Lipinski definition) is 2. The van der Waals surface area contributed by atoms with Crippen LogP contribution < -0.4 is 15.8 Å². The van der Waals surface area contributed by atoms with Gasteiger partial charge in [0.15, 0.2) is 0 Å². The molecular formula is C20H27FN2O2. The molecule has 3 N–H and O–H groups in total. The summed E-state index contributed by atoms with van der Waals surface area (Å²) >= 11 is 0. The molecule has 136 valence electrons. The van der Waals surface area contributed by atoms with Gasteiger partial charge in [0.1, 0.15) is 11.6 Å². The summed E-state index contributed by atoms with van der Waals surface area (Å²) in [7, 11) is 0. The average molecular weight is 346 g/mol. The first-order chi connectivity index (χ1) is 12.1. The average Bonchev–Trinajstić information content (AvgIpc) is 2.76. The van der Waals surface area contributed by atoms with Gasteiger partial charge < -0.3 is 15.8 Å². The van der Waals surface area contributed by atoms with E-state index in [9.17, 15) is 9.18 Å². The molecule has 25 heavy (non-hydrogen) atoms. The maximum Gasteiger partial charge on any atom is 0.223 e. The van der Waals surface area contributed by atoms with Crippen LogP contribution in [0.15, 0.2) is 18.2 Å². The van der Waals surface area contributed by atoms with Gasteiger partial charge in [0.05, 0.1) is 12.6 Å². The highest BCUT2D eigenvalue weighted by molar-refractivity contribution is 5.79. The van der Waals surface area contributed by atoms with Crippen molar-refractivity contribution in [1.29, 1.82) is 0 Å². The van der Waals surface area contributed by atoms with Gasteiger partial charge in [-0.2, -0.15) is 0 Å². The van der Waals surface area contributed by atoms with Crippen LogP contribution >= 0.6 is 0 Å². The van der Waals surface area contributed by atoms with Gasteiger partial charge in [-0.3, -0.25) is 4.79 Å². The molecule has 2 fully saturated rings. The molecular weight excluding hydrogens is 319 g/mol. The third kappa shape index (κ3) is 3.39. The van der Waals surface area contributed by atoms with Gasteiger partial charge in [-0.15, -0.1) is 0 Å². The number of ether oxygens (including phenoxy) is 1. The van der Waals surface area contributed by atoms with E-state index in [0.717, 1.165) is 44.1 Å². The smallest absolute Gasteiger partial charge is 0.223 e. The molecule has 3 atom stereocenters. The highest BCUT2D eigenvalue weighted by Gasteiger charge is 2.41. The summed E-state index contributed by atoms with van der Waals surface area (Å²) in [5.41, 5.74) is 7.23. The Kier molecular flexibility index (Phi) is 4.67. The van der Waals surface area contributed by atoms with Crippen LogP contribution in [0.2, 0.25) is 0 Å². The van der Waals surface area contributed by atoms with E-state index in [1.165, 1.54) is 18.6 Å². The normalized spacial score (nSPS) is 34.4. The standard InChI is InChI=1S/C20H27FN2O2/c21-15-6-7-16-17(5-2-8-25-18(16)11-15)23-20(24)14-9-12-3-1-4-13(10-14)19(12)22/h6-7,11-14,17,19H,1-5,8-10,22H2,(H,23,24). The van der Waals surface area contributed by atoms with Crippen molar-refractivity contribution < 1.29 is 13.9 Å². The molecule has 4 nitrogen and oxygen atoms in total. The Balaban J connectivity index is 1.48. The summed E-state index contributed by atoms with van der Waals surface area (Å²) in [6.07, 6.45) is 7.04. The lowest BCUT2D eigenvalue weighted by atomic mass is 9.65. The zero-order chi connectivity index (χ0) is 17.4. The van der Waals surface area contributed by atoms with Gasteiger partial charge in [0.2, 0.25) is 5.91 Å². The molecule has 3 aliphatic rings. The number of fused-ring (bicyclic) bond motifs is 3. The predicted molar refractivity (Wildman–Crippen MR) is 93.5 cm³/mol. The number of benzene rings is 1. The molecule has 0 spiro atoms. The highest BCUT2D eigenvalue weighted by Crippen LogP contribution is 2.42. The van der Waals surface area contributed by atoms with Gasteiger partial charge in [-0.25, -0.2) is 4.39 Å². The summed E-state index contributed by atoms with van der Waals surface area (Å²) in [5.74, 6) is 1.42. The zero-order valence-electron chi connectivity index (χ0n) is 14.5. The molecule has 2 bridgehead atoms. The number of rotatable bonds is 2. The Morgan fingerprint density at radius 1 is 1.16 bits per heavy atom. The summed E-state index contributed by atoms with van der Waals surface area (Å²) in [4.78, 5) is 12.9. The van der Waals surface area contributed by atoms with Crippen LogP contribution in [0.3, 0.4) is 0 Å². The van der Waals surface area contributed by atoms with Crippen LogP contribution in [0.1, 0.15) is 56.6 Å². The van der Waals surface area contributed by atoms with Crippen molar-refractivity contribution in [2.75, 3.05) is 6.61 Å². The lowest BCUT2D eigenvalue weighted by Gasteiger charge is -2.43. The van der Waals surface area contributed by atoms with Crippen molar-refractivity contribution in [3.05, 3.63) is 29.6 Å². The van der Waals surface area contributed by atoms with Gasteiger partial charge in [-0.1, -0.05) is 12.5 Å². The molecule has 3 unspecified atom stereocenters. The molecule has 0 aromatic heterocycles. The van der Waals surface area contributed by atoms with Crippen molar-refractivity contribution in [2.45, 2.75) is 57.0 Å². The Labute approximate surface area is 148 Å². The molecule has 1 heterocycles. The molecule has 1 aromatic rings. The highest BCUT2D eigenvalue weighted by atomic mass is 19.1. The molecule has 2 saturated carbocycles. The van der Waals surface area contributed by atoms with Crippen LogP contribution in [-0.4, -0.2) is 18.6 Å². The van der Waals surface area contributed by atoms with E-state index in [4.69, 9.17) is 10.5 Å². The van der Waals surface area contributed by atoms with Crippen LogP contribution in [0.4, 0.5) is 4.39 Å². The predicted octanol–water partition coefficient (Wildman–Crippen LogP) is 3.31. The summed E-state index contributed by atoms with van der Waals surface area (Å²) in [6.45, 7) is 0.561. The van der Waals surface area contributed by atoms with Crippen molar-refractivity contribution in [2.24, 2.45) is 23.5 Å². The number of carbonyl (C=O) groups is 1. The second-order valence-corrected chi connectivity index (χ2v) is 7.93. The first-order valence-corrected chi connectivity index (χ1v) is 9.60. The number of halogens is 1. The minimum Gasteiger partial charge on any atom is -0.493 e. The number of hydrogen-bond acceptors (Lipinski definition) is 3. The Hall–Kier alpha value is -1.62. The van der Waals surface area contributed by atoms with E-state index in [-0.39, 0.29) is 29.7 Å². The first kappa shape index (κ1) is 16.8. The fraction of sp³-hybridized carbons (Fsp3) is 0.650. The third-order valence-electron chi connectivity index (χ3n) is 6.35. The van der Waals surface area contributed by atoms with Gasteiger partial charge in [0, 0.05) is 23.6 Å². The molecule has 4 rings (SSSR count). The van der Waals surface area contributed by atoms with E-state index >= 15 is 0 Å². The lowest BCUT2D eigenvalue weighted by molar-refractivity contribution is -0.128. The minimum atomic E-state index is -0.306. The summed E-state index contributed by atoms with van der Waals surface area (Å²) in [6, 6.07) is 4.78. The van der Waals surface area contributed by atoms with E-state index in [1.807, 2.05) is 0 Å². The molecule has 2 aliphatic carbocycles. The molecule has 0 saturated heterocycles. The van der Waals surface area contributed by atoms with Crippen molar-refractivity contribution in [3.63, 3.8) is 0 Å². The van der Waals surface area contributed by atoms with Crippen molar-refractivity contribution >= 4 is 5.91 Å². The number of nitrogens with one attached hydrogen (secondary N) is 1. The van der Waals surface area contributed by atoms with Crippen LogP contribution in [0.5, 0.6) is 5.75 Å². The number of nitrogens with two attached hydrogens (primary N) is 1. The largest absolute Gasteiger partial charge is 0.493 e. The van der Waals surface area contributed by atoms with Crippen molar-refractivity contribution in [3.8, 4) is 5.75 Å². The van der Waals surface area contributed by atoms with Crippen LogP contribution in [0.25, 0.3) is 0 Å². The van der Waals surface area contributed by atoms with E-state index in [1.54, 1.807) is 6.07 Å². The summed E-state index contributed by atoms with van der Waals surface area (Å²) < 4.78 is 19.2. The lowest BCUT2D eigenvalue weighted by Crippen LogP contribution is -2.49. The maximum atomic E-state index is 13.5. The SMILES string of the molecule is NC1C2CCCC1CC(C(=O)NC1CCCOc3cc(F)ccc31)C2. The number of carbonyl (C=O) groups excluding carboxylic acids is 1. The maximum absolute atomic E-state index is 13.5. The minimum absolute atomic E-state index is 0.0585. The number of amides is 1. The molecule has 1 amide bonds. The zero-order valence-corrected chi connectivity index (χ0v) is 14.5. The van der Waals surface area contributed by atoms with E-state index < -0.39 is 0 Å². The van der Waals surface area contributed by atoms with Crippen LogP contribution in [0, 0.1) is 23.6 Å². The Bertz CT molecular complexity index is 637. The molecule has 1 aliphatic heterocycles. The molecule has 5 heteroatoms. The molecule has 1 aromatic carbocycles. The fourth-order valence-corrected chi connectivity index (χ4v) is 4.99.